The molecule has 7 nitrogen and oxygen atoms in total. The predicted octanol–water partition coefficient (Wildman–Crippen LogP) is 3.94. The van der Waals surface area contributed by atoms with Gasteiger partial charge in [0.25, 0.3) is 11.5 Å². The van der Waals surface area contributed by atoms with Gasteiger partial charge in [0.15, 0.2) is 0 Å². The van der Waals surface area contributed by atoms with Crippen LogP contribution in [-0.2, 0) is 6.54 Å². The number of aryl methyl sites for hydroxylation is 1. The van der Waals surface area contributed by atoms with Crippen LogP contribution >= 0.6 is 0 Å². The highest BCUT2D eigenvalue weighted by molar-refractivity contribution is 5.92. The number of carbonyl (C=O) groups is 1. The van der Waals surface area contributed by atoms with Crippen LogP contribution < -0.4 is 5.56 Å². The molecule has 0 spiro atoms. The Morgan fingerprint density at radius 1 is 1.26 bits per heavy atom. The number of carbonyl (C=O) groups excluding carboxylic acids is 1. The van der Waals surface area contributed by atoms with Gasteiger partial charge >= 0.3 is 0 Å². The monoisotopic (exact) mass is 423 g/mol. The number of nitrogens with one attached hydrogen (secondary N) is 1. The number of nitrogens with zero attached hydrogens (tertiary/aromatic N) is 4. The van der Waals surface area contributed by atoms with Gasteiger partial charge in [0, 0.05) is 24.7 Å². The number of imidazole rings is 1. The van der Waals surface area contributed by atoms with E-state index in [1.807, 2.05) is 13.0 Å². The highest BCUT2D eigenvalue weighted by atomic mass is 19.1. The molecule has 0 radical (unpaired) electrons. The van der Waals surface area contributed by atoms with Crippen LogP contribution in [0.2, 0.25) is 0 Å². The van der Waals surface area contributed by atoms with Crippen molar-refractivity contribution in [2.24, 2.45) is 0 Å². The molecule has 162 valence electrons. The van der Waals surface area contributed by atoms with Crippen LogP contribution in [0.3, 0.4) is 0 Å². The fourth-order valence-electron chi connectivity index (χ4n) is 3.95. The van der Waals surface area contributed by atoms with Gasteiger partial charge in [0.2, 0.25) is 0 Å². The van der Waals surface area contributed by atoms with Crippen LogP contribution in [0.15, 0.2) is 47.4 Å². The summed E-state index contributed by atoms with van der Waals surface area (Å²) in [6.45, 7) is 3.13. The number of amides is 1. The maximum absolute atomic E-state index is 13.6. The summed E-state index contributed by atoms with van der Waals surface area (Å²) in [6.07, 6.45) is 6.09. The molecule has 1 unspecified atom stereocenters. The number of hydrogen-bond acceptors (Lipinski definition) is 4. The molecule has 31 heavy (non-hydrogen) atoms. The van der Waals surface area contributed by atoms with E-state index in [4.69, 9.17) is 0 Å². The topological polar surface area (TPSA) is 83.9 Å². The molecule has 0 saturated carbocycles. The maximum atomic E-state index is 13.6. The first-order chi connectivity index (χ1) is 15.1. The molecule has 0 aliphatic carbocycles. The van der Waals surface area contributed by atoms with Crippen molar-refractivity contribution in [3.05, 3.63) is 70.3 Å². The Morgan fingerprint density at radius 2 is 2.13 bits per heavy atom. The van der Waals surface area contributed by atoms with Crippen molar-refractivity contribution in [2.45, 2.75) is 51.6 Å². The van der Waals surface area contributed by atoms with Crippen molar-refractivity contribution in [2.75, 3.05) is 6.54 Å². The Balaban J connectivity index is 1.60. The van der Waals surface area contributed by atoms with Crippen LogP contribution in [0.4, 0.5) is 4.39 Å². The van der Waals surface area contributed by atoms with Gasteiger partial charge in [-0.05, 0) is 43.9 Å². The van der Waals surface area contributed by atoms with Gasteiger partial charge in [-0.1, -0.05) is 25.5 Å². The molecule has 1 fully saturated rings. The fourth-order valence-corrected chi connectivity index (χ4v) is 3.95. The smallest absolute Gasteiger partial charge is 0.274 e. The van der Waals surface area contributed by atoms with Crippen LogP contribution in [0, 0.1) is 5.82 Å². The number of halogens is 1. The van der Waals surface area contributed by atoms with E-state index in [-0.39, 0.29) is 29.0 Å². The fraction of sp³-hybridized carbons (Fsp3) is 0.391. The quantitative estimate of drug-likeness (QED) is 0.651. The van der Waals surface area contributed by atoms with Gasteiger partial charge in [0.1, 0.15) is 17.3 Å². The Morgan fingerprint density at radius 3 is 2.94 bits per heavy atom. The van der Waals surface area contributed by atoms with Crippen molar-refractivity contribution < 1.29 is 9.18 Å². The van der Waals surface area contributed by atoms with Gasteiger partial charge < -0.3 is 9.88 Å². The number of rotatable bonds is 6. The third kappa shape index (κ3) is 4.57. The Bertz CT molecular complexity index is 1120. The Kier molecular flexibility index (Phi) is 6.25. The summed E-state index contributed by atoms with van der Waals surface area (Å²) < 4.78 is 15.0. The first-order valence-electron chi connectivity index (χ1n) is 10.8. The van der Waals surface area contributed by atoms with E-state index >= 15 is 0 Å². The molecule has 1 atom stereocenters. The van der Waals surface area contributed by atoms with E-state index in [0.717, 1.165) is 32.1 Å². The highest BCUT2D eigenvalue weighted by Crippen LogP contribution is 2.31. The minimum absolute atomic E-state index is 0.203. The summed E-state index contributed by atoms with van der Waals surface area (Å²) in [5.74, 6) is 0.151. The number of H-pyrrole nitrogens is 1. The van der Waals surface area contributed by atoms with Crippen LogP contribution in [-0.4, -0.2) is 37.1 Å². The molecule has 0 bridgehead atoms. The average molecular weight is 423 g/mol. The molecule has 1 N–H and O–H groups in total. The van der Waals surface area contributed by atoms with E-state index in [1.165, 1.54) is 28.9 Å². The number of hydrogen-bond donors (Lipinski definition) is 1. The zero-order chi connectivity index (χ0) is 21.8. The molecule has 1 aliphatic rings. The minimum atomic E-state index is -0.313. The van der Waals surface area contributed by atoms with Gasteiger partial charge in [-0.15, -0.1) is 0 Å². The summed E-state index contributed by atoms with van der Waals surface area (Å²) in [5, 5.41) is 4.32. The summed E-state index contributed by atoms with van der Waals surface area (Å²) in [7, 11) is 0. The second-order valence-corrected chi connectivity index (χ2v) is 7.84. The standard InChI is InChI=1S/C23H26FN5O2/c1-2-3-13-29-21(30)11-10-18(27-29)23(31)28-12-5-4-9-20(28)22-25-15-19(26-22)16-7-6-8-17(24)14-16/h6-8,10-11,14-15,20H,2-5,9,12-13H2,1H3,(H,25,26). The molecular weight excluding hydrogens is 397 g/mol. The van der Waals surface area contributed by atoms with E-state index in [0.29, 0.717) is 30.2 Å². The lowest BCUT2D eigenvalue weighted by molar-refractivity contribution is 0.0592. The molecular formula is C23H26FN5O2. The number of likely N-dealkylation sites (tertiary alicyclic amines) is 1. The summed E-state index contributed by atoms with van der Waals surface area (Å²) in [4.78, 5) is 34.9. The largest absolute Gasteiger partial charge is 0.340 e. The molecule has 2 aromatic heterocycles. The maximum Gasteiger partial charge on any atom is 0.274 e. The van der Waals surface area contributed by atoms with Crippen molar-refractivity contribution >= 4 is 5.91 Å². The number of piperidine rings is 1. The Labute approximate surface area is 179 Å². The SMILES string of the molecule is CCCCn1nc(C(=O)N2CCCCC2c2ncc(-c3cccc(F)c3)[nH]2)ccc1=O. The number of benzene rings is 1. The summed E-state index contributed by atoms with van der Waals surface area (Å²) in [5.41, 5.74) is 1.47. The first kappa shape index (κ1) is 21.0. The first-order valence-corrected chi connectivity index (χ1v) is 10.8. The normalized spacial score (nSPS) is 16.5. The zero-order valence-electron chi connectivity index (χ0n) is 17.6. The second kappa shape index (κ2) is 9.24. The lowest BCUT2D eigenvalue weighted by atomic mass is 10.0. The lowest BCUT2D eigenvalue weighted by Crippen LogP contribution is -2.40. The van der Waals surface area contributed by atoms with Crippen molar-refractivity contribution in [3.8, 4) is 11.3 Å². The van der Waals surface area contributed by atoms with Gasteiger partial charge in [-0.3, -0.25) is 9.59 Å². The molecule has 3 aromatic rings. The number of unbranched alkanes of at least 4 members (excludes halogenated alkanes) is 1. The van der Waals surface area contributed by atoms with E-state index < -0.39 is 0 Å². The molecule has 4 rings (SSSR count). The van der Waals surface area contributed by atoms with E-state index in [1.54, 1.807) is 17.2 Å². The zero-order valence-corrected chi connectivity index (χ0v) is 17.6. The van der Waals surface area contributed by atoms with Crippen molar-refractivity contribution in [1.29, 1.82) is 0 Å². The lowest BCUT2D eigenvalue weighted by Gasteiger charge is -2.34. The highest BCUT2D eigenvalue weighted by Gasteiger charge is 2.31. The Hall–Kier alpha value is -3.29. The molecule has 8 heteroatoms. The van der Waals surface area contributed by atoms with Crippen molar-refractivity contribution in [3.63, 3.8) is 0 Å². The molecule has 1 aliphatic heterocycles. The van der Waals surface area contributed by atoms with Crippen LogP contribution in [0.25, 0.3) is 11.3 Å². The number of aromatic nitrogens is 4. The molecule has 3 heterocycles. The van der Waals surface area contributed by atoms with Gasteiger partial charge in [-0.25, -0.2) is 14.1 Å². The predicted molar refractivity (Wildman–Crippen MR) is 115 cm³/mol. The summed E-state index contributed by atoms with van der Waals surface area (Å²) >= 11 is 0. The average Bonchev–Trinajstić information content (AvgIpc) is 3.28. The number of aromatic amines is 1. The third-order valence-electron chi connectivity index (χ3n) is 5.62. The molecule has 1 amide bonds. The summed E-state index contributed by atoms with van der Waals surface area (Å²) in [6, 6.07) is 9.00. The van der Waals surface area contributed by atoms with Gasteiger partial charge in [-0.2, -0.15) is 5.10 Å². The van der Waals surface area contributed by atoms with E-state index in [2.05, 4.69) is 15.1 Å². The van der Waals surface area contributed by atoms with Crippen LogP contribution in [0.1, 0.15) is 61.4 Å². The van der Waals surface area contributed by atoms with Crippen molar-refractivity contribution in [1.82, 2.24) is 24.6 Å². The minimum Gasteiger partial charge on any atom is -0.340 e. The second-order valence-electron chi connectivity index (χ2n) is 7.84. The van der Waals surface area contributed by atoms with Crippen LogP contribution in [0.5, 0.6) is 0 Å². The third-order valence-corrected chi connectivity index (χ3v) is 5.62. The van der Waals surface area contributed by atoms with E-state index in [9.17, 15) is 14.0 Å². The molecule has 1 saturated heterocycles. The molecule has 1 aromatic carbocycles. The van der Waals surface area contributed by atoms with Gasteiger partial charge in [0.05, 0.1) is 17.9 Å².